The maximum atomic E-state index is 12.5. The second-order valence-corrected chi connectivity index (χ2v) is 7.97. The summed E-state index contributed by atoms with van der Waals surface area (Å²) in [6.45, 7) is 3.99. The third-order valence-electron chi connectivity index (χ3n) is 5.54. The summed E-state index contributed by atoms with van der Waals surface area (Å²) in [5.74, 6) is 0.130. The molecule has 29 heavy (non-hydrogen) atoms. The molecule has 158 valence electrons. The summed E-state index contributed by atoms with van der Waals surface area (Å²) in [4.78, 5) is 42.3. The van der Waals surface area contributed by atoms with Crippen LogP contribution >= 0.6 is 11.6 Å². The molecular weight excluding hydrogens is 392 g/mol. The highest BCUT2D eigenvalue weighted by Gasteiger charge is 2.24. The van der Waals surface area contributed by atoms with Crippen molar-refractivity contribution >= 4 is 29.4 Å². The Labute approximate surface area is 177 Å². The molecule has 1 N–H and O–H groups in total. The summed E-state index contributed by atoms with van der Waals surface area (Å²) in [5, 5.41) is 3.43. The van der Waals surface area contributed by atoms with Gasteiger partial charge in [0.1, 0.15) is 0 Å². The number of halogens is 1. The van der Waals surface area contributed by atoms with Crippen molar-refractivity contribution in [3.8, 4) is 0 Å². The standard InChI is InChI=1S/C21H29ClN4O3/c22-18-7-3-2-6-17(18)16-20(28)25-12-14-26(15-13-25)21(29)23-9-8-19(27)24-10-4-1-5-11-24/h2-3,6-7H,1,4-5,8-16H2,(H,23,29). The molecule has 8 heteroatoms. The molecule has 4 amide bonds. The zero-order valence-corrected chi connectivity index (χ0v) is 17.5. The number of nitrogens with one attached hydrogen (secondary N) is 1. The summed E-state index contributed by atoms with van der Waals surface area (Å²) in [6, 6.07) is 7.17. The van der Waals surface area contributed by atoms with Gasteiger partial charge in [-0.1, -0.05) is 29.8 Å². The van der Waals surface area contributed by atoms with Crippen LogP contribution in [0.5, 0.6) is 0 Å². The van der Waals surface area contributed by atoms with Crippen LogP contribution in [0.25, 0.3) is 0 Å². The van der Waals surface area contributed by atoms with Gasteiger partial charge in [0.05, 0.1) is 6.42 Å². The highest BCUT2D eigenvalue weighted by Crippen LogP contribution is 2.17. The lowest BCUT2D eigenvalue weighted by Crippen LogP contribution is -2.53. The number of rotatable bonds is 5. The fraction of sp³-hybridized carbons (Fsp3) is 0.571. The number of piperidine rings is 1. The second kappa shape index (κ2) is 10.5. The van der Waals surface area contributed by atoms with Gasteiger partial charge >= 0.3 is 6.03 Å². The normalized spacial score (nSPS) is 17.2. The number of benzene rings is 1. The molecule has 1 aromatic carbocycles. The Morgan fingerprint density at radius 2 is 1.45 bits per heavy atom. The molecule has 2 aliphatic heterocycles. The van der Waals surface area contributed by atoms with Crippen molar-refractivity contribution in [3.63, 3.8) is 0 Å². The Balaban J connectivity index is 1.36. The topological polar surface area (TPSA) is 73.0 Å². The maximum Gasteiger partial charge on any atom is 0.317 e. The van der Waals surface area contributed by atoms with E-state index in [2.05, 4.69) is 5.32 Å². The average Bonchev–Trinajstić information content (AvgIpc) is 2.76. The van der Waals surface area contributed by atoms with Crippen LogP contribution in [0.4, 0.5) is 4.79 Å². The van der Waals surface area contributed by atoms with Gasteiger partial charge in [-0.3, -0.25) is 9.59 Å². The average molecular weight is 421 g/mol. The van der Waals surface area contributed by atoms with E-state index in [-0.39, 0.29) is 24.3 Å². The third kappa shape index (κ3) is 6.10. The van der Waals surface area contributed by atoms with Crippen molar-refractivity contribution in [1.29, 1.82) is 0 Å². The Hall–Kier alpha value is -2.28. The lowest BCUT2D eigenvalue weighted by molar-refractivity contribution is -0.132. The molecule has 0 radical (unpaired) electrons. The lowest BCUT2D eigenvalue weighted by Gasteiger charge is -2.35. The van der Waals surface area contributed by atoms with Gasteiger partial charge in [0.25, 0.3) is 0 Å². The molecule has 0 bridgehead atoms. The van der Waals surface area contributed by atoms with Crippen LogP contribution in [0.15, 0.2) is 24.3 Å². The number of carbonyl (C=O) groups is 3. The van der Waals surface area contributed by atoms with Crippen molar-refractivity contribution < 1.29 is 14.4 Å². The molecule has 2 heterocycles. The summed E-state index contributed by atoms with van der Waals surface area (Å²) in [6.07, 6.45) is 3.93. The molecule has 0 aromatic heterocycles. The molecule has 0 unspecified atom stereocenters. The predicted molar refractivity (Wildman–Crippen MR) is 112 cm³/mol. The van der Waals surface area contributed by atoms with Gasteiger partial charge in [0.15, 0.2) is 0 Å². The molecule has 3 rings (SSSR count). The van der Waals surface area contributed by atoms with E-state index >= 15 is 0 Å². The first kappa shape index (κ1) is 21.4. The smallest absolute Gasteiger partial charge is 0.317 e. The van der Waals surface area contributed by atoms with Crippen LogP contribution in [0.1, 0.15) is 31.2 Å². The number of urea groups is 1. The van der Waals surface area contributed by atoms with Gasteiger partial charge < -0.3 is 20.0 Å². The van der Waals surface area contributed by atoms with Gasteiger partial charge in [-0.15, -0.1) is 0 Å². The van der Waals surface area contributed by atoms with Crippen LogP contribution in [0, 0.1) is 0 Å². The number of likely N-dealkylation sites (tertiary alicyclic amines) is 1. The number of hydrogen-bond acceptors (Lipinski definition) is 3. The van der Waals surface area contributed by atoms with E-state index in [1.54, 1.807) is 15.9 Å². The molecule has 2 fully saturated rings. The van der Waals surface area contributed by atoms with Crippen molar-refractivity contribution in [1.82, 2.24) is 20.0 Å². The molecule has 7 nitrogen and oxygen atoms in total. The Kier molecular flexibility index (Phi) is 7.75. The van der Waals surface area contributed by atoms with Gasteiger partial charge in [-0.25, -0.2) is 4.79 Å². The maximum absolute atomic E-state index is 12.5. The van der Waals surface area contributed by atoms with E-state index in [0.717, 1.165) is 31.5 Å². The first-order valence-electron chi connectivity index (χ1n) is 10.4. The summed E-state index contributed by atoms with van der Waals surface area (Å²) in [7, 11) is 0. The van der Waals surface area contributed by atoms with E-state index < -0.39 is 0 Å². The molecule has 0 atom stereocenters. The zero-order valence-electron chi connectivity index (χ0n) is 16.7. The monoisotopic (exact) mass is 420 g/mol. The van der Waals surface area contributed by atoms with E-state index in [9.17, 15) is 14.4 Å². The number of amides is 4. The molecule has 0 aliphatic carbocycles. The van der Waals surface area contributed by atoms with E-state index in [1.165, 1.54) is 6.42 Å². The fourth-order valence-electron chi connectivity index (χ4n) is 3.77. The molecule has 2 saturated heterocycles. The third-order valence-corrected chi connectivity index (χ3v) is 5.91. The van der Waals surface area contributed by atoms with E-state index in [1.807, 2.05) is 23.1 Å². The SMILES string of the molecule is O=C(CCNC(=O)N1CCN(C(=O)Cc2ccccc2Cl)CC1)N1CCCCC1. The van der Waals surface area contributed by atoms with Gasteiger partial charge in [-0.2, -0.15) is 0 Å². The van der Waals surface area contributed by atoms with Gasteiger partial charge in [0.2, 0.25) is 11.8 Å². The fourth-order valence-corrected chi connectivity index (χ4v) is 3.97. The van der Waals surface area contributed by atoms with Crippen molar-refractivity contribution in [2.75, 3.05) is 45.8 Å². The predicted octanol–water partition coefficient (Wildman–Crippen LogP) is 2.14. The Bertz CT molecular complexity index is 728. The van der Waals surface area contributed by atoms with Gasteiger partial charge in [-0.05, 0) is 30.9 Å². The minimum atomic E-state index is -0.172. The number of piperazine rings is 1. The quantitative estimate of drug-likeness (QED) is 0.793. The first-order chi connectivity index (χ1) is 14.0. The van der Waals surface area contributed by atoms with E-state index in [4.69, 9.17) is 11.6 Å². The minimum Gasteiger partial charge on any atom is -0.343 e. The molecule has 0 spiro atoms. The molecule has 2 aliphatic rings. The number of nitrogens with zero attached hydrogens (tertiary/aromatic N) is 3. The highest BCUT2D eigenvalue weighted by atomic mass is 35.5. The largest absolute Gasteiger partial charge is 0.343 e. The molecule has 1 aromatic rings. The second-order valence-electron chi connectivity index (χ2n) is 7.56. The summed E-state index contributed by atoms with van der Waals surface area (Å²) < 4.78 is 0. The van der Waals surface area contributed by atoms with Crippen LogP contribution in [-0.2, 0) is 16.0 Å². The van der Waals surface area contributed by atoms with Crippen LogP contribution in [0.2, 0.25) is 5.02 Å². The zero-order chi connectivity index (χ0) is 20.6. The molecule has 0 saturated carbocycles. The van der Waals surface area contributed by atoms with Crippen molar-refractivity contribution in [2.45, 2.75) is 32.1 Å². The molecular formula is C21H29ClN4O3. The first-order valence-corrected chi connectivity index (χ1v) is 10.7. The number of hydrogen-bond donors (Lipinski definition) is 1. The van der Waals surface area contributed by atoms with Crippen LogP contribution in [0.3, 0.4) is 0 Å². The Morgan fingerprint density at radius 3 is 2.14 bits per heavy atom. The number of carbonyl (C=O) groups excluding carboxylic acids is 3. The van der Waals surface area contributed by atoms with Crippen molar-refractivity contribution in [3.05, 3.63) is 34.9 Å². The minimum absolute atomic E-state index is 0.0188. The summed E-state index contributed by atoms with van der Waals surface area (Å²) >= 11 is 6.13. The van der Waals surface area contributed by atoms with Crippen LogP contribution in [-0.4, -0.2) is 78.4 Å². The summed E-state index contributed by atoms with van der Waals surface area (Å²) in [5.41, 5.74) is 0.817. The van der Waals surface area contributed by atoms with Gasteiger partial charge in [0, 0.05) is 57.3 Å². The van der Waals surface area contributed by atoms with Crippen molar-refractivity contribution in [2.24, 2.45) is 0 Å². The van der Waals surface area contributed by atoms with Crippen LogP contribution < -0.4 is 5.32 Å². The lowest BCUT2D eigenvalue weighted by atomic mass is 10.1. The van der Waals surface area contributed by atoms with E-state index in [0.29, 0.717) is 44.2 Å². The highest BCUT2D eigenvalue weighted by molar-refractivity contribution is 6.31. The Morgan fingerprint density at radius 1 is 0.828 bits per heavy atom.